The van der Waals surface area contributed by atoms with Gasteiger partial charge in [-0.15, -0.1) is 0 Å². The molecular weight excluding hydrogens is 296 g/mol. The highest BCUT2D eigenvalue weighted by Gasteiger charge is 2.26. The molecule has 0 aromatic carbocycles. The monoisotopic (exact) mass is 316 g/mol. The smallest absolute Gasteiger partial charge is 0.372 e. The molecule has 1 aliphatic rings. The normalized spacial score (nSPS) is 17.2. The molecule has 1 aliphatic heterocycles. The van der Waals surface area contributed by atoms with Crippen LogP contribution in [0.25, 0.3) is 0 Å². The second-order valence-electron chi connectivity index (χ2n) is 5.73. The third-order valence-electron chi connectivity index (χ3n) is 4.28. The highest BCUT2D eigenvalue weighted by Crippen LogP contribution is 2.26. The van der Waals surface area contributed by atoms with E-state index in [0.29, 0.717) is 11.3 Å². The summed E-state index contributed by atoms with van der Waals surface area (Å²) in [5.74, 6) is 0.605. The quantitative estimate of drug-likeness (QED) is 0.923. The van der Waals surface area contributed by atoms with Gasteiger partial charge >= 0.3 is 5.97 Å². The Morgan fingerprint density at radius 1 is 1.30 bits per heavy atom. The van der Waals surface area contributed by atoms with Crippen molar-refractivity contribution in [3.63, 3.8) is 0 Å². The Kier molecular flexibility index (Phi) is 4.29. The third-order valence-corrected chi connectivity index (χ3v) is 4.28. The van der Waals surface area contributed by atoms with Gasteiger partial charge in [0.1, 0.15) is 11.6 Å². The summed E-state index contributed by atoms with van der Waals surface area (Å²) in [5, 5.41) is 9.11. The number of piperazine rings is 1. The Bertz CT molecular complexity index is 678. The molecule has 0 aliphatic carbocycles. The van der Waals surface area contributed by atoms with E-state index in [1.807, 2.05) is 13.0 Å². The van der Waals surface area contributed by atoms with E-state index in [4.69, 9.17) is 9.52 Å². The van der Waals surface area contributed by atoms with Crippen LogP contribution in [0, 0.1) is 6.92 Å². The van der Waals surface area contributed by atoms with Gasteiger partial charge in [0.15, 0.2) is 0 Å². The highest BCUT2D eigenvalue weighted by atomic mass is 16.4. The molecule has 0 saturated carbocycles. The van der Waals surface area contributed by atoms with E-state index in [0.717, 1.165) is 32.0 Å². The van der Waals surface area contributed by atoms with Crippen LogP contribution in [0.2, 0.25) is 0 Å². The van der Waals surface area contributed by atoms with E-state index in [2.05, 4.69) is 19.8 Å². The minimum atomic E-state index is -1.02. The maximum Gasteiger partial charge on any atom is 0.372 e. The van der Waals surface area contributed by atoms with Crippen LogP contribution in [0.1, 0.15) is 34.8 Å². The Hall–Kier alpha value is -2.41. The number of hydrogen-bond donors (Lipinski definition) is 1. The Morgan fingerprint density at radius 3 is 2.61 bits per heavy atom. The number of rotatable bonds is 4. The zero-order valence-corrected chi connectivity index (χ0v) is 13.3. The van der Waals surface area contributed by atoms with Gasteiger partial charge < -0.3 is 14.4 Å². The van der Waals surface area contributed by atoms with Crippen molar-refractivity contribution in [3.05, 3.63) is 41.7 Å². The van der Waals surface area contributed by atoms with Crippen molar-refractivity contribution >= 4 is 11.8 Å². The second kappa shape index (κ2) is 6.37. The minimum Gasteiger partial charge on any atom is -0.475 e. The number of carbonyl (C=O) groups is 1. The Balaban J connectivity index is 1.65. The van der Waals surface area contributed by atoms with Gasteiger partial charge in [0.05, 0.1) is 12.2 Å². The molecule has 1 saturated heterocycles. The van der Waals surface area contributed by atoms with Gasteiger partial charge in [-0.2, -0.15) is 0 Å². The summed E-state index contributed by atoms with van der Waals surface area (Å²) in [6.45, 7) is 7.24. The topological polar surface area (TPSA) is 82.7 Å². The van der Waals surface area contributed by atoms with Gasteiger partial charge in [-0.3, -0.25) is 9.88 Å². The number of aromatic nitrogens is 2. The molecule has 0 amide bonds. The lowest BCUT2D eigenvalue weighted by Gasteiger charge is -2.37. The average Bonchev–Trinajstić information content (AvgIpc) is 2.97. The molecule has 7 heteroatoms. The van der Waals surface area contributed by atoms with Crippen molar-refractivity contribution in [2.75, 3.05) is 31.1 Å². The number of aryl methyl sites for hydroxylation is 1. The van der Waals surface area contributed by atoms with Crippen LogP contribution in [-0.4, -0.2) is 52.1 Å². The molecule has 1 fully saturated rings. The summed E-state index contributed by atoms with van der Waals surface area (Å²) in [4.78, 5) is 24.0. The largest absolute Gasteiger partial charge is 0.475 e. The van der Waals surface area contributed by atoms with E-state index in [1.54, 1.807) is 25.5 Å². The molecule has 2 aromatic rings. The van der Waals surface area contributed by atoms with Crippen LogP contribution < -0.4 is 4.90 Å². The molecule has 122 valence electrons. The van der Waals surface area contributed by atoms with E-state index in [1.165, 1.54) is 0 Å². The van der Waals surface area contributed by atoms with Crippen molar-refractivity contribution < 1.29 is 14.3 Å². The van der Waals surface area contributed by atoms with Gasteiger partial charge in [-0.05, 0) is 19.9 Å². The van der Waals surface area contributed by atoms with Crippen LogP contribution in [0.15, 0.2) is 29.1 Å². The highest BCUT2D eigenvalue weighted by molar-refractivity contribution is 5.86. The summed E-state index contributed by atoms with van der Waals surface area (Å²) in [5.41, 5.74) is 0.664. The molecule has 3 rings (SSSR count). The van der Waals surface area contributed by atoms with E-state index in [9.17, 15) is 4.79 Å². The third kappa shape index (κ3) is 3.19. The molecule has 23 heavy (non-hydrogen) atoms. The van der Waals surface area contributed by atoms with E-state index < -0.39 is 5.97 Å². The van der Waals surface area contributed by atoms with Crippen LogP contribution in [0.5, 0.6) is 0 Å². The lowest BCUT2D eigenvalue weighted by molar-refractivity contribution is 0.0654. The van der Waals surface area contributed by atoms with E-state index >= 15 is 0 Å². The number of nitrogens with zero attached hydrogens (tertiary/aromatic N) is 4. The summed E-state index contributed by atoms with van der Waals surface area (Å²) in [6.07, 6.45) is 5.14. The first kappa shape index (κ1) is 15.5. The molecule has 1 unspecified atom stereocenters. The van der Waals surface area contributed by atoms with Crippen molar-refractivity contribution in [2.24, 2.45) is 0 Å². The van der Waals surface area contributed by atoms with Gasteiger partial charge in [0, 0.05) is 44.1 Å². The van der Waals surface area contributed by atoms with E-state index in [-0.39, 0.29) is 11.8 Å². The molecule has 1 N–H and O–H groups in total. The fourth-order valence-corrected chi connectivity index (χ4v) is 2.90. The van der Waals surface area contributed by atoms with Gasteiger partial charge in [-0.25, -0.2) is 9.78 Å². The van der Waals surface area contributed by atoms with Gasteiger partial charge in [-0.1, -0.05) is 0 Å². The first-order valence-electron chi connectivity index (χ1n) is 7.65. The number of carboxylic acids is 1. The SMILES string of the molecule is Cc1cc(C(C)N2CCN(c3cnccn3)CC2)oc1C(=O)O. The Morgan fingerprint density at radius 2 is 2.04 bits per heavy atom. The number of hydrogen-bond acceptors (Lipinski definition) is 6. The fraction of sp³-hybridized carbons (Fsp3) is 0.438. The van der Waals surface area contributed by atoms with Crippen LogP contribution in [0.4, 0.5) is 5.82 Å². The lowest BCUT2D eigenvalue weighted by atomic mass is 10.1. The number of aromatic carboxylic acids is 1. The van der Waals surface area contributed by atoms with Crippen LogP contribution in [0.3, 0.4) is 0 Å². The van der Waals surface area contributed by atoms with Crippen molar-refractivity contribution in [1.82, 2.24) is 14.9 Å². The number of carboxylic acid groups (broad SMARTS) is 1. The number of anilines is 1. The molecule has 0 radical (unpaired) electrons. The van der Waals surface area contributed by atoms with Crippen LogP contribution in [-0.2, 0) is 0 Å². The van der Waals surface area contributed by atoms with Crippen molar-refractivity contribution in [3.8, 4) is 0 Å². The first-order chi connectivity index (χ1) is 11.1. The first-order valence-corrected chi connectivity index (χ1v) is 7.65. The zero-order valence-electron chi connectivity index (χ0n) is 13.3. The molecule has 7 nitrogen and oxygen atoms in total. The van der Waals surface area contributed by atoms with Crippen LogP contribution >= 0.6 is 0 Å². The predicted octanol–water partition coefficient (Wildman–Crippen LogP) is 1.96. The molecule has 1 atom stereocenters. The summed E-state index contributed by atoms with van der Waals surface area (Å²) in [7, 11) is 0. The summed E-state index contributed by atoms with van der Waals surface area (Å²) < 4.78 is 5.53. The second-order valence-corrected chi connectivity index (χ2v) is 5.73. The standard InChI is InChI=1S/C16H20N4O3/c1-11-9-13(23-15(11)16(21)22)12(2)19-5-7-20(8-6-19)14-10-17-3-4-18-14/h3-4,9-10,12H,5-8H2,1-2H3,(H,21,22). The number of furan rings is 1. The average molecular weight is 316 g/mol. The van der Waals surface area contributed by atoms with Gasteiger partial charge in [0.25, 0.3) is 0 Å². The zero-order chi connectivity index (χ0) is 16.4. The molecule has 0 spiro atoms. The maximum atomic E-state index is 11.1. The summed E-state index contributed by atoms with van der Waals surface area (Å²) >= 11 is 0. The minimum absolute atomic E-state index is 0.0324. The molecule has 2 aromatic heterocycles. The predicted molar refractivity (Wildman–Crippen MR) is 84.6 cm³/mol. The van der Waals surface area contributed by atoms with Gasteiger partial charge in [0.2, 0.25) is 5.76 Å². The molecular formula is C16H20N4O3. The lowest BCUT2D eigenvalue weighted by Crippen LogP contribution is -2.47. The fourth-order valence-electron chi connectivity index (χ4n) is 2.90. The Labute approximate surface area is 134 Å². The maximum absolute atomic E-state index is 11.1. The molecule has 0 bridgehead atoms. The van der Waals surface area contributed by atoms with Crippen molar-refractivity contribution in [1.29, 1.82) is 0 Å². The van der Waals surface area contributed by atoms with Crippen molar-refractivity contribution in [2.45, 2.75) is 19.9 Å². The molecule has 3 heterocycles. The summed E-state index contributed by atoms with van der Waals surface area (Å²) in [6, 6.07) is 1.87.